The van der Waals surface area contributed by atoms with Gasteiger partial charge in [0.05, 0.1) is 42.1 Å². The standard InChI is InChI=1S/C37H37N3O8/c1-5-44-36(43)40(20-19-38)22-30(21-39)32-37(4,46-23-27-9-7-6-8-10-27)33(48-35(42)29-17-13-26(3)14-18-29)31(47-32)24-45-34(41)28-15-11-25(2)12-16-28/h6-18,22,31-33H,5,20,23-24H2,1-4H3/b30-22+/t31?,32-,33+,37-/m0/s1. The summed E-state index contributed by atoms with van der Waals surface area (Å²) in [7, 11) is 0. The van der Waals surface area contributed by atoms with Gasteiger partial charge in [0.25, 0.3) is 0 Å². The second-order valence-electron chi connectivity index (χ2n) is 11.4. The van der Waals surface area contributed by atoms with E-state index >= 15 is 0 Å². The van der Waals surface area contributed by atoms with Crippen molar-refractivity contribution < 1.29 is 38.1 Å². The Morgan fingerprint density at radius 1 is 0.896 bits per heavy atom. The second kappa shape index (κ2) is 16.4. The van der Waals surface area contributed by atoms with Crippen LogP contribution in [0.2, 0.25) is 0 Å². The third-order valence-corrected chi connectivity index (χ3v) is 7.76. The van der Waals surface area contributed by atoms with Crippen molar-refractivity contribution in [2.24, 2.45) is 0 Å². The summed E-state index contributed by atoms with van der Waals surface area (Å²) in [4.78, 5) is 40.2. The SMILES string of the molecule is CCOC(=O)N(/C=C(\C#N)[C@@H]1OC(COC(=O)c2ccc(C)cc2)[C@@H](OC(=O)c2ccc(C)cc2)[C@@]1(C)OCc1ccccc1)CC#N. The van der Waals surface area contributed by atoms with Crippen molar-refractivity contribution in [3.8, 4) is 12.1 Å². The molecule has 0 N–H and O–H groups in total. The number of amides is 1. The minimum Gasteiger partial charge on any atom is -0.459 e. The fourth-order valence-corrected chi connectivity index (χ4v) is 5.14. The lowest BCUT2D eigenvalue weighted by molar-refractivity contribution is -0.119. The largest absolute Gasteiger partial charge is 0.459 e. The first-order chi connectivity index (χ1) is 23.1. The van der Waals surface area contributed by atoms with E-state index in [1.807, 2.05) is 50.2 Å². The maximum absolute atomic E-state index is 13.6. The Hall–Kier alpha value is -5.49. The molecule has 0 saturated carbocycles. The van der Waals surface area contributed by atoms with Crippen LogP contribution in [0, 0.1) is 36.5 Å². The molecule has 1 aliphatic heterocycles. The van der Waals surface area contributed by atoms with Gasteiger partial charge < -0.3 is 23.7 Å². The predicted molar refractivity (Wildman–Crippen MR) is 173 cm³/mol. The highest BCUT2D eigenvalue weighted by molar-refractivity contribution is 5.90. The van der Waals surface area contributed by atoms with E-state index in [1.54, 1.807) is 62.4 Å². The highest BCUT2D eigenvalue weighted by atomic mass is 16.6. The number of nitrogens with zero attached hydrogens (tertiary/aromatic N) is 3. The summed E-state index contributed by atoms with van der Waals surface area (Å²) in [5.74, 6) is -1.31. The molecule has 0 bridgehead atoms. The first kappa shape index (κ1) is 35.4. The molecular formula is C37H37N3O8. The molecule has 0 aromatic heterocycles. The summed E-state index contributed by atoms with van der Waals surface area (Å²) in [6.07, 6.45) is -3.25. The Kier molecular flexibility index (Phi) is 12.1. The minimum absolute atomic E-state index is 0.0319. The van der Waals surface area contributed by atoms with E-state index in [1.165, 1.54) is 0 Å². The first-order valence-electron chi connectivity index (χ1n) is 15.4. The van der Waals surface area contributed by atoms with Gasteiger partial charge in [0, 0.05) is 6.20 Å². The number of hydrogen-bond acceptors (Lipinski definition) is 10. The molecule has 1 amide bonds. The Balaban J connectivity index is 1.76. The van der Waals surface area contributed by atoms with E-state index in [0.717, 1.165) is 27.8 Å². The van der Waals surface area contributed by atoms with Gasteiger partial charge in [-0.1, -0.05) is 65.7 Å². The summed E-state index contributed by atoms with van der Waals surface area (Å²) in [5.41, 5.74) is 1.60. The van der Waals surface area contributed by atoms with E-state index in [2.05, 4.69) is 6.07 Å². The number of hydrogen-bond donors (Lipinski definition) is 0. The van der Waals surface area contributed by atoms with Crippen LogP contribution >= 0.6 is 0 Å². The van der Waals surface area contributed by atoms with E-state index in [-0.39, 0.29) is 31.0 Å². The smallest absolute Gasteiger partial charge is 0.414 e. The lowest BCUT2D eigenvalue weighted by atomic mass is 9.88. The molecular weight excluding hydrogens is 614 g/mol. The molecule has 4 atom stereocenters. The summed E-state index contributed by atoms with van der Waals surface area (Å²) in [6.45, 7) is 6.31. The molecule has 248 valence electrons. The molecule has 4 rings (SSSR count). The lowest BCUT2D eigenvalue weighted by Crippen LogP contribution is -2.51. The quantitative estimate of drug-likeness (QED) is 0.102. The zero-order valence-electron chi connectivity index (χ0n) is 27.3. The number of nitriles is 2. The third-order valence-electron chi connectivity index (χ3n) is 7.76. The molecule has 1 saturated heterocycles. The highest BCUT2D eigenvalue weighted by Crippen LogP contribution is 2.41. The Labute approximate surface area is 279 Å². The Bertz CT molecular complexity index is 1690. The van der Waals surface area contributed by atoms with Gasteiger partial charge in [-0.15, -0.1) is 0 Å². The number of esters is 2. The molecule has 1 unspecified atom stereocenters. The van der Waals surface area contributed by atoms with E-state index in [9.17, 15) is 24.9 Å². The number of aryl methyl sites for hydroxylation is 2. The van der Waals surface area contributed by atoms with Gasteiger partial charge in [-0.05, 0) is 57.5 Å². The molecule has 1 fully saturated rings. The van der Waals surface area contributed by atoms with Gasteiger partial charge in [0.1, 0.15) is 31.0 Å². The monoisotopic (exact) mass is 651 g/mol. The minimum atomic E-state index is -1.56. The van der Waals surface area contributed by atoms with Gasteiger partial charge >= 0.3 is 18.0 Å². The summed E-state index contributed by atoms with van der Waals surface area (Å²) < 4.78 is 29.7. The maximum Gasteiger partial charge on any atom is 0.414 e. The van der Waals surface area contributed by atoms with E-state index < -0.39 is 48.5 Å². The van der Waals surface area contributed by atoms with Crippen molar-refractivity contribution in [1.82, 2.24) is 4.90 Å². The fourth-order valence-electron chi connectivity index (χ4n) is 5.14. The highest BCUT2D eigenvalue weighted by Gasteiger charge is 2.59. The van der Waals surface area contributed by atoms with Gasteiger partial charge in [0.2, 0.25) is 0 Å². The second-order valence-corrected chi connectivity index (χ2v) is 11.4. The van der Waals surface area contributed by atoms with E-state index in [4.69, 9.17) is 23.7 Å². The van der Waals surface area contributed by atoms with Crippen LogP contribution in [0.1, 0.15) is 51.3 Å². The summed E-state index contributed by atoms with van der Waals surface area (Å²) >= 11 is 0. The van der Waals surface area contributed by atoms with Crippen LogP contribution in [0.4, 0.5) is 4.79 Å². The number of rotatable bonds is 12. The van der Waals surface area contributed by atoms with Gasteiger partial charge in [-0.25, -0.2) is 14.4 Å². The zero-order valence-corrected chi connectivity index (χ0v) is 27.3. The van der Waals surface area contributed by atoms with Gasteiger partial charge in [-0.3, -0.25) is 4.90 Å². The van der Waals surface area contributed by atoms with Crippen LogP contribution < -0.4 is 0 Å². The first-order valence-corrected chi connectivity index (χ1v) is 15.4. The van der Waals surface area contributed by atoms with Crippen molar-refractivity contribution in [3.05, 3.63) is 118 Å². The molecule has 1 heterocycles. The zero-order chi connectivity index (χ0) is 34.7. The van der Waals surface area contributed by atoms with Crippen molar-refractivity contribution >= 4 is 18.0 Å². The Morgan fingerprint density at radius 3 is 2.06 bits per heavy atom. The van der Waals surface area contributed by atoms with Crippen molar-refractivity contribution in [1.29, 1.82) is 10.5 Å². The number of carbonyl (C=O) groups excluding carboxylic acids is 3. The molecule has 48 heavy (non-hydrogen) atoms. The van der Waals surface area contributed by atoms with Crippen LogP contribution in [0.3, 0.4) is 0 Å². The van der Waals surface area contributed by atoms with Crippen LogP contribution in [0.15, 0.2) is 90.6 Å². The topological polar surface area (TPSA) is 148 Å². The molecule has 3 aromatic rings. The van der Waals surface area contributed by atoms with Gasteiger partial charge in [-0.2, -0.15) is 10.5 Å². The Morgan fingerprint density at radius 2 is 1.50 bits per heavy atom. The van der Waals surface area contributed by atoms with Gasteiger partial charge in [0.15, 0.2) is 6.10 Å². The van der Waals surface area contributed by atoms with Crippen molar-refractivity contribution in [2.75, 3.05) is 19.8 Å². The predicted octanol–water partition coefficient (Wildman–Crippen LogP) is 5.82. The molecule has 11 heteroatoms. The van der Waals surface area contributed by atoms with Crippen molar-refractivity contribution in [3.63, 3.8) is 0 Å². The van der Waals surface area contributed by atoms with Crippen LogP contribution in [0.5, 0.6) is 0 Å². The van der Waals surface area contributed by atoms with Crippen LogP contribution in [-0.2, 0) is 30.3 Å². The molecule has 0 aliphatic carbocycles. The third kappa shape index (κ3) is 8.65. The van der Waals surface area contributed by atoms with Crippen LogP contribution in [-0.4, -0.2) is 66.6 Å². The van der Waals surface area contributed by atoms with E-state index in [0.29, 0.717) is 5.56 Å². The fraction of sp³-hybridized carbons (Fsp3) is 0.324. The number of ether oxygens (including phenoxy) is 5. The number of benzene rings is 3. The maximum atomic E-state index is 13.6. The molecule has 0 spiro atoms. The molecule has 11 nitrogen and oxygen atoms in total. The summed E-state index contributed by atoms with van der Waals surface area (Å²) in [5, 5.41) is 19.8. The average molecular weight is 652 g/mol. The lowest BCUT2D eigenvalue weighted by Gasteiger charge is -2.35. The number of carbonyl (C=O) groups is 3. The summed E-state index contributed by atoms with van der Waals surface area (Å²) in [6, 6.07) is 26.8. The van der Waals surface area contributed by atoms with Crippen molar-refractivity contribution in [2.45, 2.75) is 58.2 Å². The molecule has 0 radical (unpaired) electrons. The normalized spacial score (nSPS) is 20.2. The molecule has 3 aromatic carbocycles. The molecule has 1 aliphatic rings. The van der Waals surface area contributed by atoms with Crippen LogP contribution in [0.25, 0.3) is 0 Å². The average Bonchev–Trinajstić information content (AvgIpc) is 3.36.